The number of carbonyl (C=O) groups is 3. The van der Waals surface area contributed by atoms with Crippen LogP contribution >= 0.6 is 0 Å². The number of hydrogen-bond acceptors (Lipinski definition) is 6. The number of methoxy groups -OCH3 is 3. The van der Waals surface area contributed by atoms with E-state index in [0.717, 1.165) is 24.3 Å². The normalized spacial score (nSPS) is 20.4. The minimum atomic E-state index is -5.59. The summed E-state index contributed by atoms with van der Waals surface area (Å²) in [5.74, 6) is -4.49. The largest absolute Gasteiger partial charge is 0.493 e. The molecule has 0 fully saturated rings. The first-order valence-corrected chi connectivity index (χ1v) is 12.4. The summed E-state index contributed by atoms with van der Waals surface area (Å²) < 4.78 is 101. The highest BCUT2D eigenvalue weighted by atomic mass is 19.4. The van der Waals surface area contributed by atoms with Crippen LogP contribution in [0.2, 0.25) is 0 Å². The Labute approximate surface area is 236 Å². The van der Waals surface area contributed by atoms with E-state index in [2.05, 4.69) is 0 Å². The molecule has 1 heterocycles. The number of ketones is 1. The van der Waals surface area contributed by atoms with Gasteiger partial charge in [0.25, 0.3) is 11.8 Å². The van der Waals surface area contributed by atoms with Crippen molar-refractivity contribution in [3.63, 3.8) is 0 Å². The van der Waals surface area contributed by atoms with Gasteiger partial charge in [0.15, 0.2) is 17.3 Å². The predicted molar refractivity (Wildman–Crippen MR) is 136 cm³/mol. The minimum Gasteiger partial charge on any atom is -0.493 e. The van der Waals surface area contributed by atoms with Crippen LogP contribution in [0.15, 0.2) is 47.7 Å². The van der Waals surface area contributed by atoms with Crippen LogP contribution < -0.4 is 24.4 Å². The van der Waals surface area contributed by atoms with Gasteiger partial charge in [-0.25, -0.2) is 0 Å². The monoisotopic (exact) mass is 600 g/mol. The Morgan fingerprint density at radius 1 is 0.905 bits per heavy atom. The fourth-order valence-corrected chi connectivity index (χ4v) is 5.30. The molecule has 0 radical (unpaired) electrons. The molecular weight excluding hydrogens is 574 g/mol. The first-order chi connectivity index (χ1) is 19.4. The number of benzene rings is 2. The molecule has 0 spiro atoms. The van der Waals surface area contributed by atoms with Gasteiger partial charge in [-0.15, -0.1) is 0 Å². The van der Waals surface area contributed by atoms with Crippen LogP contribution in [0.1, 0.15) is 42.6 Å². The number of ether oxygens (including phenoxy) is 3. The number of alkyl halides is 6. The molecule has 2 aliphatic rings. The fourth-order valence-electron chi connectivity index (χ4n) is 5.30. The lowest BCUT2D eigenvalue weighted by Crippen LogP contribution is -2.66. The van der Waals surface area contributed by atoms with Gasteiger partial charge in [-0.2, -0.15) is 26.3 Å². The Morgan fingerprint density at radius 2 is 1.50 bits per heavy atom. The second-order valence-corrected chi connectivity index (χ2v) is 10.6. The second kappa shape index (κ2) is 10.2. The molecule has 1 aliphatic heterocycles. The average Bonchev–Trinajstić information content (AvgIpc) is 3.14. The molecule has 0 aromatic heterocycles. The number of allylic oxidation sites excluding steroid dienone is 1. The first-order valence-electron chi connectivity index (χ1n) is 12.4. The van der Waals surface area contributed by atoms with Gasteiger partial charge in [-0.05, 0) is 42.2 Å². The fraction of sp³-hybridized carbons (Fsp3) is 0.393. The van der Waals surface area contributed by atoms with E-state index < -0.39 is 75.4 Å². The summed E-state index contributed by atoms with van der Waals surface area (Å²) in [5.41, 5.74) is -8.53. The second-order valence-electron chi connectivity index (χ2n) is 10.6. The zero-order chi connectivity index (χ0) is 31.4. The van der Waals surface area contributed by atoms with E-state index in [9.17, 15) is 27.6 Å². The third-order valence-electron chi connectivity index (χ3n) is 7.11. The molecule has 0 saturated heterocycles. The summed E-state index contributed by atoms with van der Waals surface area (Å²) in [4.78, 5) is 41.2. The van der Waals surface area contributed by atoms with Gasteiger partial charge in [0.05, 0.1) is 32.5 Å². The molecule has 2 aromatic carbocycles. The van der Waals surface area contributed by atoms with Crippen molar-refractivity contribution in [2.24, 2.45) is 5.41 Å². The zero-order valence-corrected chi connectivity index (χ0v) is 23.0. The number of halogens is 6. The van der Waals surface area contributed by atoms with Crippen molar-refractivity contribution >= 4 is 23.3 Å². The molecule has 8 nitrogen and oxygen atoms in total. The van der Waals surface area contributed by atoms with Crippen molar-refractivity contribution in [2.45, 2.75) is 44.6 Å². The number of rotatable bonds is 6. The van der Waals surface area contributed by atoms with E-state index in [0.29, 0.717) is 17.0 Å². The highest BCUT2D eigenvalue weighted by Crippen LogP contribution is 2.53. The first kappa shape index (κ1) is 30.7. The summed E-state index contributed by atoms with van der Waals surface area (Å²) in [5, 5.41) is 1.73. The maximum Gasteiger partial charge on any atom is 0.425 e. The average molecular weight is 601 g/mol. The van der Waals surface area contributed by atoms with E-state index in [1.807, 2.05) is 0 Å². The van der Waals surface area contributed by atoms with Crippen molar-refractivity contribution < 1.29 is 54.9 Å². The Morgan fingerprint density at radius 3 is 2.00 bits per heavy atom. The molecule has 0 bridgehead atoms. The van der Waals surface area contributed by atoms with Crippen LogP contribution in [0.5, 0.6) is 17.2 Å². The van der Waals surface area contributed by atoms with E-state index >= 15 is 13.2 Å². The third-order valence-corrected chi connectivity index (χ3v) is 7.11. The van der Waals surface area contributed by atoms with Gasteiger partial charge < -0.3 is 19.5 Å². The molecule has 0 saturated carbocycles. The summed E-state index contributed by atoms with van der Waals surface area (Å²) in [6.07, 6.45) is -11.1. The van der Waals surface area contributed by atoms with Crippen molar-refractivity contribution in [2.75, 3.05) is 26.2 Å². The van der Waals surface area contributed by atoms with Gasteiger partial charge in [0.2, 0.25) is 11.3 Å². The Balaban J connectivity index is 1.95. The van der Waals surface area contributed by atoms with Crippen LogP contribution in [-0.2, 0) is 15.8 Å². The lowest BCUT2D eigenvalue weighted by Gasteiger charge is -2.35. The molecule has 2 amide bonds. The quantitative estimate of drug-likeness (QED) is 0.444. The summed E-state index contributed by atoms with van der Waals surface area (Å²) in [6.45, 7) is 3.15. The van der Waals surface area contributed by atoms with Crippen LogP contribution in [0.25, 0.3) is 0 Å². The summed E-state index contributed by atoms with van der Waals surface area (Å²) in [6, 6.07) is 5.26. The summed E-state index contributed by atoms with van der Waals surface area (Å²) >= 11 is 0. The van der Waals surface area contributed by atoms with E-state index in [1.165, 1.54) is 21.3 Å². The van der Waals surface area contributed by atoms with E-state index in [1.54, 1.807) is 19.2 Å². The number of hydrogen-bond donors (Lipinski definition) is 1. The lowest BCUT2D eigenvalue weighted by molar-refractivity contribution is -0.186. The number of anilines is 1. The lowest BCUT2D eigenvalue weighted by atomic mass is 9.72. The smallest absolute Gasteiger partial charge is 0.425 e. The van der Waals surface area contributed by atoms with Crippen LogP contribution in [0.3, 0.4) is 0 Å². The molecule has 2 aromatic rings. The van der Waals surface area contributed by atoms with E-state index in [4.69, 9.17) is 14.2 Å². The van der Waals surface area contributed by atoms with Gasteiger partial charge >= 0.3 is 12.4 Å². The third kappa shape index (κ3) is 4.92. The van der Waals surface area contributed by atoms with Gasteiger partial charge in [0.1, 0.15) is 0 Å². The number of Topliss-reactive ketones (excluding diaryl/α,β-unsaturated/α-hetero) is 1. The molecule has 1 atom stereocenters. The van der Waals surface area contributed by atoms with Crippen molar-refractivity contribution in [3.05, 3.63) is 58.8 Å². The number of nitrogens with one attached hydrogen (secondary N) is 1. The topological polar surface area (TPSA) is 94.2 Å². The van der Waals surface area contributed by atoms with Gasteiger partial charge in [-0.3, -0.25) is 19.3 Å². The van der Waals surface area contributed by atoms with Crippen molar-refractivity contribution in [1.82, 2.24) is 5.32 Å². The highest BCUT2D eigenvalue weighted by molar-refractivity contribution is 6.21. The molecule has 226 valence electrons. The summed E-state index contributed by atoms with van der Waals surface area (Å²) in [7, 11) is 3.69. The zero-order valence-electron chi connectivity index (χ0n) is 23.0. The van der Waals surface area contributed by atoms with Gasteiger partial charge in [-0.1, -0.05) is 19.9 Å². The minimum absolute atomic E-state index is 0.0319. The standard InChI is InChI=1S/C28H26F6N2O6/c1-25(2)12-17-21(18(37)13-25)26(28(32,33)34,24(39)36(17)16-8-6-7-15(11-16)27(29,30)31)35-23(38)14-9-19(40-3)22(42-5)20(10-14)41-4/h6-11H,12-13H2,1-5H3,(H,35,38). The molecule has 14 heteroatoms. The predicted octanol–water partition coefficient (Wildman–Crippen LogP) is 5.45. The Hall–Kier alpha value is -4.23. The molecule has 1 aliphatic carbocycles. The van der Waals surface area contributed by atoms with Crippen molar-refractivity contribution in [3.8, 4) is 17.2 Å². The Bertz CT molecular complexity index is 1470. The van der Waals surface area contributed by atoms with Crippen LogP contribution in [-0.4, -0.2) is 50.6 Å². The molecular formula is C28H26F6N2O6. The van der Waals surface area contributed by atoms with Crippen LogP contribution in [0, 0.1) is 5.41 Å². The van der Waals surface area contributed by atoms with Crippen molar-refractivity contribution in [1.29, 1.82) is 0 Å². The maximum absolute atomic E-state index is 15.1. The molecule has 4 rings (SSSR count). The highest BCUT2D eigenvalue weighted by Gasteiger charge is 2.72. The number of carbonyl (C=O) groups excluding carboxylic acids is 3. The molecule has 1 N–H and O–H groups in total. The van der Waals surface area contributed by atoms with E-state index in [-0.39, 0.29) is 23.7 Å². The molecule has 42 heavy (non-hydrogen) atoms. The van der Waals surface area contributed by atoms with Crippen LogP contribution in [0.4, 0.5) is 32.0 Å². The van der Waals surface area contributed by atoms with Gasteiger partial charge in [0, 0.05) is 23.4 Å². The molecule has 1 unspecified atom stereocenters. The Kier molecular flexibility index (Phi) is 7.49. The maximum atomic E-state index is 15.1. The SMILES string of the molecule is COc1cc(C(=O)NC2(C(F)(F)F)C(=O)N(c3cccc(C(F)(F)F)c3)C3=C2C(=O)CC(C)(C)C3)cc(OC)c1OC. The number of nitrogens with zero attached hydrogens (tertiary/aromatic N) is 1. The number of amides is 2.